The van der Waals surface area contributed by atoms with Gasteiger partial charge in [0, 0.05) is 7.05 Å². The van der Waals surface area contributed by atoms with E-state index in [4.69, 9.17) is 4.74 Å². The lowest BCUT2D eigenvalue weighted by atomic mass is 10.0. The normalized spacial score (nSPS) is 10.1. The zero-order valence-corrected chi connectivity index (χ0v) is 9.41. The molecule has 0 aliphatic rings. The maximum atomic E-state index is 11.0. The second-order valence-corrected chi connectivity index (χ2v) is 3.88. The molecule has 0 atom stereocenters. The van der Waals surface area contributed by atoms with E-state index < -0.39 is 6.09 Å². The quantitative estimate of drug-likeness (QED) is 0.827. The molecule has 82 valence electrons. The Bertz CT molecular complexity index is 334. The van der Waals surface area contributed by atoms with Crippen LogP contribution in [0.5, 0.6) is 5.75 Å². The molecule has 0 spiro atoms. The summed E-state index contributed by atoms with van der Waals surface area (Å²) in [7, 11) is 1.54. The van der Waals surface area contributed by atoms with Crippen LogP contribution < -0.4 is 10.1 Å². The molecule has 1 aromatic rings. The predicted octanol–water partition coefficient (Wildman–Crippen LogP) is 2.60. The zero-order valence-electron chi connectivity index (χ0n) is 9.41. The second kappa shape index (κ2) is 5.39. The van der Waals surface area contributed by atoms with Crippen LogP contribution in [0.1, 0.15) is 19.4 Å². The first-order valence-corrected chi connectivity index (χ1v) is 5.10. The van der Waals surface area contributed by atoms with Crippen LogP contribution in [0, 0.1) is 5.92 Å². The van der Waals surface area contributed by atoms with Crippen molar-refractivity contribution in [2.45, 2.75) is 20.3 Å². The van der Waals surface area contributed by atoms with Gasteiger partial charge < -0.3 is 10.1 Å². The number of benzene rings is 1. The average molecular weight is 207 g/mol. The van der Waals surface area contributed by atoms with Crippen LogP contribution in [0.2, 0.25) is 0 Å². The Hall–Kier alpha value is -1.51. The van der Waals surface area contributed by atoms with Gasteiger partial charge in [0.05, 0.1) is 0 Å². The summed E-state index contributed by atoms with van der Waals surface area (Å²) < 4.78 is 5.04. The SMILES string of the molecule is CNC(=O)Oc1cccc(CC(C)C)c1. The molecule has 0 heterocycles. The lowest BCUT2D eigenvalue weighted by Gasteiger charge is -2.07. The molecule has 0 aliphatic heterocycles. The number of rotatable bonds is 3. The Morgan fingerprint density at radius 2 is 2.20 bits per heavy atom. The van der Waals surface area contributed by atoms with Crippen molar-refractivity contribution in [3.63, 3.8) is 0 Å². The minimum Gasteiger partial charge on any atom is -0.410 e. The Morgan fingerprint density at radius 1 is 1.47 bits per heavy atom. The molecular formula is C12H17NO2. The van der Waals surface area contributed by atoms with Crippen LogP contribution in [0.4, 0.5) is 4.79 Å². The summed E-state index contributed by atoms with van der Waals surface area (Å²) in [6.45, 7) is 4.32. The molecule has 0 aromatic heterocycles. The largest absolute Gasteiger partial charge is 0.412 e. The van der Waals surface area contributed by atoms with Gasteiger partial charge >= 0.3 is 6.09 Å². The van der Waals surface area contributed by atoms with Crippen LogP contribution in [-0.2, 0) is 6.42 Å². The molecule has 15 heavy (non-hydrogen) atoms. The van der Waals surface area contributed by atoms with E-state index in [1.165, 1.54) is 5.56 Å². The Morgan fingerprint density at radius 3 is 2.80 bits per heavy atom. The Balaban J connectivity index is 2.69. The van der Waals surface area contributed by atoms with Crippen LogP contribution >= 0.6 is 0 Å². The molecule has 1 rings (SSSR count). The third-order valence-corrected chi connectivity index (χ3v) is 1.96. The Labute approximate surface area is 90.4 Å². The van der Waals surface area contributed by atoms with E-state index in [1.807, 2.05) is 18.2 Å². The number of nitrogens with one attached hydrogen (secondary N) is 1. The van der Waals surface area contributed by atoms with Gasteiger partial charge in [0.2, 0.25) is 0 Å². The van der Waals surface area contributed by atoms with E-state index in [0.717, 1.165) is 6.42 Å². The van der Waals surface area contributed by atoms with Crippen molar-refractivity contribution in [2.75, 3.05) is 7.05 Å². The van der Waals surface area contributed by atoms with Crippen molar-refractivity contribution in [3.05, 3.63) is 29.8 Å². The van der Waals surface area contributed by atoms with Crippen LogP contribution in [-0.4, -0.2) is 13.1 Å². The van der Waals surface area contributed by atoms with E-state index in [2.05, 4.69) is 19.2 Å². The second-order valence-electron chi connectivity index (χ2n) is 3.88. The summed E-state index contributed by atoms with van der Waals surface area (Å²) >= 11 is 0. The number of amides is 1. The van der Waals surface area contributed by atoms with Crippen molar-refractivity contribution in [1.82, 2.24) is 5.32 Å². The van der Waals surface area contributed by atoms with Gasteiger partial charge in [-0.25, -0.2) is 4.79 Å². The minimum absolute atomic E-state index is 0.434. The lowest BCUT2D eigenvalue weighted by Crippen LogP contribution is -2.22. The van der Waals surface area contributed by atoms with E-state index in [1.54, 1.807) is 13.1 Å². The number of ether oxygens (including phenoxy) is 1. The molecule has 3 nitrogen and oxygen atoms in total. The maximum Gasteiger partial charge on any atom is 0.412 e. The molecule has 0 aliphatic carbocycles. The average Bonchev–Trinajstić information content (AvgIpc) is 2.17. The molecule has 1 N–H and O–H groups in total. The van der Waals surface area contributed by atoms with E-state index in [9.17, 15) is 4.79 Å². The highest BCUT2D eigenvalue weighted by atomic mass is 16.5. The fraction of sp³-hybridized carbons (Fsp3) is 0.417. The molecule has 0 saturated carbocycles. The summed E-state index contributed by atoms with van der Waals surface area (Å²) in [6.07, 6.45) is 0.557. The van der Waals surface area contributed by atoms with E-state index >= 15 is 0 Å². The van der Waals surface area contributed by atoms with Crippen molar-refractivity contribution in [3.8, 4) is 5.75 Å². The smallest absolute Gasteiger partial charge is 0.410 e. The van der Waals surface area contributed by atoms with Crippen molar-refractivity contribution >= 4 is 6.09 Å². The molecule has 0 radical (unpaired) electrons. The van der Waals surface area contributed by atoms with Gasteiger partial charge in [0.15, 0.2) is 0 Å². The van der Waals surface area contributed by atoms with Gasteiger partial charge in [0.1, 0.15) is 5.75 Å². The standard InChI is InChI=1S/C12H17NO2/c1-9(2)7-10-5-4-6-11(8-10)15-12(14)13-3/h4-6,8-9H,7H2,1-3H3,(H,13,14). The Kier molecular flexibility index (Phi) is 4.16. The lowest BCUT2D eigenvalue weighted by molar-refractivity contribution is 0.203. The molecule has 0 bridgehead atoms. The first-order valence-electron chi connectivity index (χ1n) is 5.10. The van der Waals surface area contributed by atoms with Gasteiger partial charge in [-0.15, -0.1) is 0 Å². The maximum absolute atomic E-state index is 11.0. The molecule has 0 fully saturated rings. The van der Waals surface area contributed by atoms with Gasteiger partial charge in [-0.05, 0) is 30.0 Å². The minimum atomic E-state index is -0.434. The summed E-state index contributed by atoms with van der Waals surface area (Å²) in [5.74, 6) is 1.19. The topological polar surface area (TPSA) is 38.3 Å². The van der Waals surface area contributed by atoms with Crippen molar-refractivity contribution in [2.24, 2.45) is 5.92 Å². The molecule has 0 saturated heterocycles. The van der Waals surface area contributed by atoms with Gasteiger partial charge in [-0.1, -0.05) is 26.0 Å². The van der Waals surface area contributed by atoms with Crippen LogP contribution in [0.25, 0.3) is 0 Å². The first-order chi connectivity index (χ1) is 7.11. The highest BCUT2D eigenvalue weighted by Crippen LogP contribution is 2.16. The summed E-state index contributed by atoms with van der Waals surface area (Å²) in [5, 5.41) is 2.41. The highest BCUT2D eigenvalue weighted by molar-refractivity contribution is 5.69. The van der Waals surface area contributed by atoms with E-state index in [-0.39, 0.29) is 0 Å². The van der Waals surface area contributed by atoms with Crippen molar-refractivity contribution in [1.29, 1.82) is 0 Å². The molecule has 0 unspecified atom stereocenters. The van der Waals surface area contributed by atoms with Gasteiger partial charge in [-0.2, -0.15) is 0 Å². The van der Waals surface area contributed by atoms with Crippen LogP contribution in [0.15, 0.2) is 24.3 Å². The number of hydrogen-bond acceptors (Lipinski definition) is 2. The van der Waals surface area contributed by atoms with Crippen LogP contribution in [0.3, 0.4) is 0 Å². The highest BCUT2D eigenvalue weighted by Gasteiger charge is 2.03. The fourth-order valence-corrected chi connectivity index (χ4v) is 1.37. The zero-order chi connectivity index (χ0) is 11.3. The summed E-state index contributed by atoms with van der Waals surface area (Å²) in [4.78, 5) is 11.0. The summed E-state index contributed by atoms with van der Waals surface area (Å²) in [5.41, 5.74) is 1.19. The fourth-order valence-electron chi connectivity index (χ4n) is 1.37. The predicted molar refractivity (Wildman–Crippen MR) is 60.1 cm³/mol. The third-order valence-electron chi connectivity index (χ3n) is 1.96. The molecule has 1 aromatic carbocycles. The molecular weight excluding hydrogens is 190 g/mol. The van der Waals surface area contributed by atoms with E-state index in [0.29, 0.717) is 11.7 Å². The molecule has 3 heteroatoms. The number of carbonyl (C=O) groups is 1. The monoisotopic (exact) mass is 207 g/mol. The molecule has 1 amide bonds. The summed E-state index contributed by atoms with van der Waals surface area (Å²) in [6, 6.07) is 7.61. The van der Waals surface area contributed by atoms with Gasteiger partial charge in [-0.3, -0.25) is 0 Å². The first kappa shape index (κ1) is 11.6. The van der Waals surface area contributed by atoms with Gasteiger partial charge in [0.25, 0.3) is 0 Å². The number of hydrogen-bond donors (Lipinski definition) is 1. The number of carbonyl (C=O) groups excluding carboxylic acids is 1. The van der Waals surface area contributed by atoms with Crippen molar-refractivity contribution < 1.29 is 9.53 Å². The third kappa shape index (κ3) is 4.02.